The van der Waals surface area contributed by atoms with Crippen molar-refractivity contribution >= 4 is 32.4 Å². The lowest BCUT2D eigenvalue weighted by Gasteiger charge is -2.09. The zero-order valence-corrected chi connectivity index (χ0v) is 11.6. The van der Waals surface area contributed by atoms with E-state index in [-0.39, 0.29) is 4.90 Å². The van der Waals surface area contributed by atoms with Crippen LogP contribution < -0.4 is 4.72 Å². The van der Waals surface area contributed by atoms with Crippen LogP contribution in [0.2, 0.25) is 5.02 Å². The lowest BCUT2D eigenvalue weighted by Crippen LogP contribution is -2.24. The SMILES string of the molecule is CCCNS(=O)(=O)c1cccc2c(Cl)cccc12. The zero-order chi connectivity index (χ0) is 13.2. The summed E-state index contributed by atoms with van der Waals surface area (Å²) in [6.45, 7) is 2.35. The highest BCUT2D eigenvalue weighted by atomic mass is 35.5. The quantitative estimate of drug-likeness (QED) is 0.937. The molecule has 0 unspecified atom stereocenters. The number of nitrogens with one attached hydrogen (secondary N) is 1. The molecule has 0 aliphatic rings. The molecule has 1 N–H and O–H groups in total. The van der Waals surface area contributed by atoms with Crippen LogP contribution in [0.1, 0.15) is 13.3 Å². The number of hydrogen-bond acceptors (Lipinski definition) is 2. The van der Waals surface area contributed by atoms with E-state index < -0.39 is 10.0 Å². The molecule has 0 bridgehead atoms. The Kier molecular flexibility index (Phi) is 3.90. The summed E-state index contributed by atoms with van der Waals surface area (Å²) in [5.41, 5.74) is 0. The van der Waals surface area contributed by atoms with E-state index in [1.165, 1.54) is 0 Å². The number of benzene rings is 2. The smallest absolute Gasteiger partial charge is 0.211 e. The molecule has 0 saturated heterocycles. The van der Waals surface area contributed by atoms with Gasteiger partial charge in [-0.1, -0.05) is 42.8 Å². The van der Waals surface area contributed by atoms with Crippen molar-refractivity contribution in [1.29, 1.82) is 0 Å². The minimum Gasteiger partial charge on any atom is -0.211 e. The predicted octanol–water partition coefficient (Wildman–Crippen LogP) is 3.18. The minimum absolute atomic E-state index is 0.274. The molecule has 0 saturated carbocycles. The van der Waals surface area contributed by atoms with Gasteiger partial charge in [-0.3, -0.25) is 0 Å². The standard InChI is InChI=1S/C13H14ClNO2S/c1-2-9-15-18(16,17)13-8-4-5-10-11(13)6-3-7-12(10)14/h3-8,15H,2,9H2,1H3. The molecule has 0 radical (unpaired) electrons. The summed E-state index contributed by atoms with van der Waals surface area (Å²) < 4.78 is 26.9. The lowest BCUT2D eigenvalue weighted by atomic mass is 10.1. The van der Waals surface area contributed by atoms with Crippen molar-refractivity contribution in [3.63, 3.8) is 0 Å². The first-order valence-corrected chi connectivity index (χ1v) is 7.59. The summed E-state index contributed by atoms with van der Waals surface area (Å²) in [7, 11) is -3.47. The molecule has 0 aliphatic carbocycles. The highest BCUT2D eigenvalue weighted by Crippen LogP contribution is 2.28. The van der Waals surface area contributed by atoms with Crippen LogP contribution in [-0.2, 0) is 10.0 Å². The van der Waals surface area contributed by atoms with Gasteiger partial charge in [0.2, 0.25) is 10.0 Å². The van der Waals surface area contributed by atoms with Crippen LogP contribution in [0, 0.1) is 0 Å². The van der Waals surface area contributed by atoms with Gasteiger partial charge in [-0.2, -0.15) is 0 Å². The van der Waals surface area contributed by atoms with Crippen LogP contribution in [0.5, 0.6) is 0 Å². The molecule has 0 aromatic heterocycles. The van der Waals surface area contributed by atoms with E-state index in [9.17, 15) is 8.42 Å². The van der Waals surface area contributed by atoms with E-state index in [1.54, 1.807) is 30.3 Å². The fraction of sp³-hybridized carbons (Fsp3) is 0.231. The van der Waals surface area contributed by atoms with Crippen molar-refractivity contribution in [3.8, 4) is 0 Å². The van der Waals surface area contributed by atoms with E-state index in [0.717, 1.165) is 11.8 Å². The summed E-state index contributed by atoms with van der Waals surface area (Å²) in [5, 5.41) is 1.95. The number of rotatable bonds is 4. The molecular weight excluding hydrogens is 270 g/mol. The molecule has 3 nitrogen and oxygen atoms in total. The Morgan fingerprint density at radius 3 is 2.50 bits per heavy atom. The molecule has 0 aliphatic heterocycles. The maximum Gasteiger partial charge on any atom is 0.241 e. The first-order valence-electron chi connectivity index (χ1n) is 5.73. The number of sulfonamides is 1. The van der Waals surface area contributed by atoms with Crippen molar-refractivity contribution in [2.75, 3.05) is 6.54 Å². The largest absolute Gasteiger partial charge is 0.241 e. The average molecular weight is 284 g/mol. The molecule has 0 atom stereocenters. The Bertz CT molecular complexity index is 668. The van der Waals surface area contributed by atoms with E-state index in [2.05, 4.69) is 4.72 Å². The Morgan fingerprint density at radius 1 is 1.11 bits per heavy atom. The topological polar surface area (TPSA) is 46.2 Å². The normalized spacial score (nSPS) is 11.9. The molecule has 0 fully saturated rings. The van der Waals surface area contributed by atoms with Crippen LogP contribution >= 0.6 is 11.6 Å². The molecule has 5 heteroatoms. The molecule has 18 heavy (non-hydrogen) atoms. The molecule has 0 heterocycles. The molecule has 0 amide bonds. The highest BCUT2D eigenvalue weighted by Gasteiger charge is 2.16. The van der Waals surface area contributed by atoms with Gasteiger partial charge >= 0.3 is 0 Å². The summed E-state index contributed by atoms with van der Waals surface area (Å²) in [5.74, 6) is 0. The molecular formula is C13H14ClNO2S. The summed E-state index contributed by atoms with van der Waals surface area (Å²) in [4.78, 5) is 0.274. The molecule has 2 aromatic carbocycles. The molecule has 96 valence electrons. The average Bonchev–Trinajstić information content (AvgIpc) is 2.36. The van der Waals surface area contributed by atoms with Crippen molar-refractivity contribution in [2.24, 2.45) is 0 Å². The molecule has 2 rings (SSSR count). The lowest BCUT2D eigenvalue weighted by molar-refractivity contribution is 0.581. The van der Waals surface area contributed by atoms with Crippen LogP contribution in [0.4, 0.5) is 0 Å². The van der Waals surface area contributed by atoms with E-state index >= 15 is 0 Å². The van der Waals surface area contributed by atoms with Gasteiger partial charge in [0.15, 0.2) is 0 Å². The van der Waals surface area contributed by atoms with Crippen LogP contribution in [0.3, 0.4) is 0 Å². The third kappa shape index (κ3) is 2.51. The monoisotopic (exact) mass is 283 g/mol. The number of halogens is 1. The Morgan fingerprint density at radius 2 is 1.78 bits per heavy atom. The van der Waals surface area contributed by atoms with Gasteiger partial charge in [0, 0.05) is 22.3 Å². The van der Waals surface area contributed by atoms with Gasteiger partial charge in [-0.25, -0.2) is 13.1 Å². The number of hydrogen-bond donors (Lipinski definition) is 1. The van der Waals surface area contributed by atoms with Crippen molar-refractivity contribution in [2.45, 2.75) is 18.2 Å². The van der Waals surface area contributed by atoms with E-state index in [1.807, 2.05) is 13.0 Å². The van der Waals surface area contributed by atoms with E-state index in [4.69, 9.17) is 11.6 Å². The molecule has 2 aromatic rings. The predicted molar refractivity (Wildman–Crippen MR) is 74.4 cm³/mol. The van der Waals surface area contributed by atoms with Gasteiger partial charge in [0.05, 0.1) is 4.90 Å². The maximum absolute atomic E-state index is 12.2. The second-order valence-electron chi connectivity index (χ2n) is 3.99. The van der Waals surface area contributed by atoms with Gasteiger partial charge in [0.25, 0.3) is 0 Å². The van der Waals surface area contributed by atoms with Gasteiger partial charge in [-0.05, 0) is 18.6 Å². The van der Waals surface area contributed by atoms with Crippen molar-refractivity contribution in [1.82, 2.24) is 4.72 Å². The Hall–Kier alpha value is -1.10. The summed E-state index contributed by atoms with van der Waals surface area (Å²) >= 11 is 6.07. The Balaban J connectivity index is 2.62. The first-order chi connectivity index (χ1) is 8.56. The Labute approximate surface area is 112 Å². The van der Waals surface area contributed by atoms with Crippen LogP contribution in [0.15, 0.2) is 41.3 Å². The fourth-order valence-electron chi connectivity index (χ4n) is 1.79. The fourth-order valence-corrected chi connectivity index (χ4v) is 3.38. The van der Waals surface area contributed by atoms with Crippen LogP contribution in [0.25, 0.3) is 10.8 Å². The second kappa shape index (κ2) is 5.26. The van der Waals surface area contributed by atoms with Crippen molar-refractivity contribution < 1.29 is 8.42 Å². The first kappa shape index (κ1) is 13.3. The molecule has 0 spiro atoms. The second-order valence-corrected chi connectivity index (χ2v) is 6.13. The maximum atomic E-state index is 12.2. The third-order valence-electron chi connectivity index (χ3n) is 2.66. The van der Waals surface area contributed by atoms with Gasteiger partial charge < -0.3 is 0 Å². The summed E-state index contributed by atoms with van der Waals surface area (Å²) in [6, 6.07) is 10.4. The van der Waals surface area contributed by atoms with Gasteiger partial charge in [-0.15, -0.1) is 0 Å². The summed E-state index contributed by atoms with van der Waals surface area (Å²) in [6.07, 6.45) is 0.755. The van der Waals surface area contributed by atoms with Crippen molar-refractivity contribution in [3.05, 3.63) is 41.4 Å². The van der Waals surface area contributed by atoms with E-state index in [0.29, 0.717) is 17.0 Å². The third-order valence-corrected chi connectivity index (χ3v) is 4.51. The van der Waals surface area contributed by atoms with Gasteiger partial charge in [0.1, 0.15) is 0 Å². The number of fused-ring (bicyclic) bond motifs is 1. The highest BCUT2D eigenvalue weighted by molar-refractivity contribution is 7.89. The zero-order valence-electron chi connectivity index (χ0n) is 9.98. The minimum atomic E-state index is -3.47. The van der Waals surface area contributed by atoms with Crippen LogP contribution in [-0.4, -0.2) is 15.0 Å².